The van der Waals surface area contributed by atoms with Gasteiger partial charge in [-0.15, -0.1) is 22.7 Å². The van der Waals surface area contributed by atoms with Crippen LogP contribution in [0.2, 0.25) is 0 Å². The average molecular weight is 367 g/mol. The first-order valence-electron chi connectivity index (χ1n) is 7.46. The van der Waals surface area contributed by atoms with Gasteiger partial charge in [-0.3, -0.25) is 9.59 Å². The van der Waals surface area contributed by atoms with Crippen molar-refractivity contribution in [1.82, 2.24) is 9.80 Å². The van der Waals surface area contributed by atoms with Crippen LogP contribution in [0.3, 0.4) is 0 Å². The molecule has 0 radical (unpaired) electrons. The Balaban J connectivity index is 1.61. The largest absolute Gasteiger partial charge is 0.332 e. The molecule has 0 aliphatic carbocycles. The van der Waals surface area contributed by atoms with Crippen LogP contribution in [-0.4, -0.2) is 39.8 Å². The van der Waals surface area contributed by atoms with E-state index in [1.165, 1.54) is 21.5 Å². The molecule has 0 bridgehead atoms. The van der Waals surface area contributed by atoms with Crippen molar-refractivity contribution in [3.05, 3.63) is 44.8 Å². The van der Waals surface area contributed by atoms with Crippen molar-refractivity contribution in [2.75, 3.05) is 18.8 Å². The van der Waals surface area contributed by atoms with E-state index in [0.29, 0.717) is 26.1 Å². The first-order valence-corrected chi connectivity index (χ1v) is 10.2. The number of hydrogen-bond acceptors (Lipinski definition) is 5. The number of nitrogens with zero attached hydrogens (tertiary/aromatic N) is 2. The van der Waals surface area contributed by atoms with Crippen molar-refractivity contribution in [1.29, 1.82) is 0 Å². The van der Waals surface area contributed by atoms with E-state index in [2.05, 4.69) is 12.1 Å². The highest BCUT2D eigenvalue weighted by molar-refractivity contribution is 8.13. The van der Waals surface area contributed by atoms with E-state index < -0.39 is 0 Å². The van der Waals surface area contributed by atoms with Gasteiger partial charge in [0, 0.05) is 35.0 Å². The lowest BCUT2D eigenvalue weighted by Gasteiger charge is -2.23. The summed E-state index contributed by atoms with van der Waals surface area (Å²) in [5, 5.41) is 4.16. The second-order valence-electron chi connectivity index (χ2n) is 5.26. The summed E-state index contributed by atoms with van der Waals surface area (Å²) in [6.45, 7) is 2.55. The smallest absolute Gasteiger partial charge is 0.281 e. The van der Waals surface area contributed by atoms with Gasteiger partial charge >= 0.3 is 0 Å². The Kier molecular flexibility index (Phi) is 5.75. The maximum atomic E-state index is 12.6. The van der Waals surface area contributed by atoms with Crippen molar-refractivity contribution in [3.63, 3.8) is 0 Å². The second kappa shape index (κ2) is 7.99. The summed E-state index contributed by atoms with van der Waals surface area (Å²) in [5.74, 6) is 0.942. The van der Waals surface area contributed by atoms with E-state index in [-0.39, 0.29) is 11.1 Å². The summed E-state index contributed by atoms with van der Waals surface area (Å²) in [6, 6.07) is 8.13. The van der Waals surface area contributed by atoms with E-state index in [1.54, 1.807) is 27.6 Å². The Morgan fingerprint density at radius 3 is 2.26 bits per heavy atom. The number of rotatable bonds is 7. The number of carbonyl (C=O) groups excluding carboxylic acids is 2. The van der Waals surface area contributed by atoms with Gasteiger partial charge in [-0.05, 0) is 22.9 Å². The van der Waals surface area contributed by atoms with Crippen molar-refractivity contribution in [3.8, 4) is 0 Å². The van der Waals surface area contributed by atoms with Crippen LogP contribution in [0, 0.1) is 0 Å². The molecular weight excluding hydrogens is 348 g/mol. The summed E-state index contributed by atoms with van der Waals surface area (Å²) < 4.78 is 0. The van der Waals surface area contributed by atoms with Gasteiger partial charge in [0.1, 0.15) is 0 Å². The fourth-order valence-corrected chi connectivity index (χ4v) is 4.72. The van der Waals surface area contributed by atoms with E-state index in [1.807, 2.05) is 27.8 Å². The highest BCUT2D eigenvalue weighted by Crippen LogP contribution is 2.20. The second-order valence-corrected chi connectivity index (χ2v) is 8.37. The molecule has 0 aromatic carbocycles. The lowest BCUT2D eigenvalue weighted by molar-refractivity contribution is -0.132. The van der Waals surface area contributed by atoms with Crippen molar-refractivity contribution >= 4 is 45.6 Å². The molecule has 7 heteroatoms. The molecule has 0 atom stereocenters. The van der Waals surface area contributed by atoms with Gasteiger partial charge in [-0.25, -0.2) is 0 Å². The van der Waals surface area contributed by atoms with Crippen molar-refractivity contribution in [2.24, 2.45) is 0 Å². The minimum absolute atomic E-state index is 0.0980. The maximum absolute atomic E-state index is 12.6. The van der Waals surface area contributed by atoms with Crippen LogP contribution in [0.5, 0.6) is 0 Å². The summed E-state index contributed by atoms with van der Waals surface area (Å²) in [6.07, 6.45) is 0.392. The Labute approximate surface area is 148 Å². The third kappa shape index (κ3) is 4.59. The minimum atomic E-state index is 0.0980. The maximum Gasteiger partial charge on any atom is 0.281 e. The zero-order chi connectivity index (χ0) is 16.1. The number of amides is 2. The quantitative estimate of drug-likeness (QED) is 0.746. The van der Waals surface area contributed by atoms with Crippen molar-refractivity contribution in [2.45, 2.75) is 19.5 Å². The van der Waals surface area contributed by atoms with Gasteiger partial charge in [0.25, 0.3) is 5.24 Å². The molecule has 0 N–H and O–H groups in total. The molecule has 0 spiro atoms. The molecule has 1 aliphatic heterocycles. The predicted molar refractivity (Wildman–Crippen MR) is 96.9 cm³/mol. The molecular formula is C16H18N2O2S3. The fraction of sp³-hybridized carbons (Fsp3) is 0.375. The van der Waals surface area contributed by atoms with Gasteiger partial charge in [0.05, 0.1) is 13.1 Å². The number of carbonyl (C=O) groups is 2. The molecule has 3 rings (SSSR count). The summed E-state index contributed by atoms with van der Waals surface area (Å²) in [5.41, 5.74) is 0. The van der Waals surface area contributed by atoms with Gasteiger partial charge in [-0.1, -0.05) is 23.9 Å². The fourth-order valence-electron chi connectivity index (χ4n) is 2.43. The molecule has 23 heavy (non-hydrogen) atoms. The normalized spacial score (nSPS) is 14.4. The molecule has 2 aromatic rings. The van der Waals surface area contributed by atoms with Gasteiger partial charge in [0.15, 0.2) is 0 Å². The molecule has 1 aliphatic rings. The average Bonchev–Trinajstić information content (AvgIpc) is 3.27. The van der Waals surface area contributed by atoms with Crippen LogP contribution in [0.4, 0.5) is 4.79 Å². The molecule has 1 fully saturated rings. The summed E-state index contributed by atoms with van der Waals surface area (Å²) >= 11 is 4.67. The Bertz CT molecular complexity index is 604. The zero-order valence-electron chi connectivity index (χ0n) is 12.6. The van der Waals surface area contributed by atoms with E-state index in [4.69, 9.17) is 0 Å². The summed E-state index contributed by atoms with van der Waals surface area (Å²) in [4.78, 5) is 30.3. The standard InChI is InChI=1S/C16H18N2O2S3/c19-15(5-6-17-7-10-23-16(17)20)18(11-13-3-1-8-21-13)12-14-4-2-9-22-14/h1-4,8-9H,5-7,10-12H2. The monoisotopic (exact) mass is 366 g/mol. The van der Waals surface area contributed by atoms with E-state index in [0.717, 1.165) is 12.3 Å². The molecule has 0 unspecified atom stereocenters. The number of hydrogen-bond donors (Lipinski definition) is 0. The topological polar surface area (TPSA) is 40.6 Å². The molecule has 2 amide bonds. The lowest BCUT2D eigenvalue weighted by atomic mass is 10.3. The van der Waals surface area contributed by atoms with E-state index in [9.17, 15) is 9.59 Å². The third-order valence-corrected chi connectivity index (χ3v) is 6.26. The van der Waals surface area contributed by atoms with Crippen LogP contribution in [0.15, 0.2) is 35.0 Å². The first-order chi connectivity index (χ1) is 11.2. The van der Waals surface area contributed by atoms with Crippen LogP contribution in [-0.2, 0) is 17.9 Å². The van der Waals surface area contributed by atoms with Gasteiger partial charge < -0.3 is 9.80 Å². The molecule has 2 aromatic heterocycles. The minimum Gasteiger partial charge on any atom is -0.332 e. The van der Waals surface area contributed by atoms with Gasteiger partial charge in [-0.2, -0.15) is 0 Å². The lowest BCUT2D eigenvalue weighted by Crippen LogP contribution is -2.33. The molecule has 3 heterocycles. The highest BCUT2D eigenvalue weighted by atomic mass is 32.2. The van der Waals surface area contributed by atoms with Crippen LogP contribution < -0.4 is 0 Å². The zero-order valence-corrected chi connectivity index (χ0v) is 15.1. The predicted octanol–water partition coefficient (Wildman–Crippen LogP) is 3.90. The highest BCUT2D eigenvalue weighted by Gasteiger charge is 2.23. The molecule has 4 nitrogen and oxygen atoms in total. The molecule has 122 valence electrons. The molecule has 0 saturated carbocycles. The Morgan fingerprint density at radius 2 is 1.78 bits per heavy atom. The van der Waals surface area contributed by atoms with Crippen molar-refractivity contribution < 1.29 is 9.59 Å². The molecule has 1 saturated heterocycles. The summed E-state index contributed by atoms with van der Waals surface area (Å²) in [7, 11) is 0. The van der Waals surface area contributed by atoms with Crippen LogP contribution in [0.25, 0.3) is 0 Å². The van der Waals surface area contributed by atoms with Crippen LogP contribution >= 0.6 is 34.4 Å². The SMILES string of the molecule is O=C(CCN1CCSC1=O)N(Cc1cccs1)Cc1cccs1. The first kappa shape index (κ1) is 16.5. The van der Waals surface area contributed by atoms with E-state index >= 15 is 0 Å². The number of thiophene rings is 2. The van der Waals surface area contributed by atoms with Gasteiger partial charge in [0.2, 0.25) is 5.91 Å². The Hall–Kier alpha value is -1.31. The third-order valence-electron chi connectivity index (χ3n) is 3.65. The Morgan fingerprint density at radius 1 is 1.13 bits per heavy atom. The van der Waals surface area contributed by atoms with Crippen LogP contribution in [0.1, 0.15) is 16.2 Å². The number of thioether (sulfide) groups is 1.